The fraction of sp³-hybridized carbons (Fsp3) is 0. The van der Waals surface area contributed by atoms with E-state index in [2.05, 4.69) is 4.98 Å². The first-order valence-electron chi connectivity index (χ1n) is 3.07. The zero-order chi connectivity index (χ0) is 10.1. The summed E-state index contributed by atoms with van der Waals surface area (Å²) in [4.78, 5) is 13.5. The Bertz CT molecular complexity index is 443. The van der Waals surface area contributed by atoms with E-state index in [9.17, 15) is 17.8 Å². The molecule has 1 aromatic rings. The van der Waals surface area contributed by atoms with Crippen molar-refractivity contribution >= 4 is 16.1 Å². The predicted molar refractivity (Wildman–Crippen MR) is 39.2 cm³/mol. The molecule has 0 spiro atoms. The van der Waals surface area contributed by atoms with Crippen LogP contribution in [0.3, 0.4) is 0 Å². The van der Waals surface area contributed by atoms with Crippen LogP contribution >= 0.6 is 0 Å². The number of aromatic nitrogens is 1. The molecule has 1 heterocycles. The van der Waals surface area contributed by atoms with Crippen LogP contribution in [0.4, 0.5) is 0 Å². The summed E-state index contributed by atoms with van der Waals surface area (Å²) in [7, 11) is -4.68. The molecule has 0 aromatic carbocycles. The van der Waals surface area contributed by atoms with Gasteiger partial charge in [0.1, 0.15) is 20.8 Å². The van der Waals surface area contributed by atoms with Gasteiger partial charge in [-0.3, -0.25) is 0 Å². The second kappa shape index (κ2) is 4.85. The Morgan fingerprint density at radius 3 is 2.43 bits per heavy atom. The molecule has 0 atom stereocenters. The molecule has 8 heteroatoms. The zero-order valence-electron chi connectivity index (χ0n) is 7.17. The summed E-state index contributed by atoms with van der Waals surface area (Å²) >= 11 is 0. The Hall–Kier alpha value is -0.470. The van der Waals surface area contributed by atoms with Crippen LogP contribution in [-0.2, 0) is 10.1 Å². The minimum absolute atomic E-state index is 0. The molecule has 0 saturated heterocycles. The molecule has 0 aliphatic carbocycles. The average molecular weight is 225 g/mol. The van der Waals surface area contributed by atoms with Gasteiger partial charge < -0.3 is 9.66 Å². The number of hydrogen-bond acceptors (Lipinski definition) is 5. The molecular weight excluding hydrogens is 221 g/mol. The molecule has 1 rings (SSSR count). The molecule has 0 unspecified atom stereocenters. The number of carboxylic acids is 1. The third-order valence-electron chi connectivity index (χ3n) is 1.20. The van der Waals surface area contributed by atoms with Gasteiger partial charge in [-0.25, -0.2) is 18.2 Å². The standard InChI is InChI=1S/C6H5NO5S.Na/c8-6(9)4-2-1-3-5(7-4)13(10,11)12;/h1-3H,(H,8,9)(H,10,11,12);/q;+1/p-1. The number of nitrogens with zero attached hydrogens (tertiary/aromatic N) is 1. The van der Waals surface area contributed by atoms with Crippen LogP contribution in [0.15, 0.2) is 23.2 Å². The molecule has 0 fully saturated rings. The average Bonchev–Trinajstić information content (AvgIpc) is 2.03. The van der Waals surface area contributed by atoms with Crippen molar-refractivity contribution < 1.29 is 52.4 Å². The van der Waals surface area contributed by atoms with E-state index in [-0.39, 0.29) is 29.6 Å². The smallest absolute Gasteiger partial charge is 0.743 e. The maximum Gasteiger partial charge on any atom is 1.00 e. The maximum atomic E-state index is 10.4. The van der Waals surface area contributed by atoms with Gasteiger partial charge in [-0.15, -0.1) is 0 Å². The SMILES string of the molecule is O=C(O)c1cccc(S(=O)(=O)[O-])n1.[Na+]. The largest absolute Gasteiger partial charge is 1.00 e. The van der Waals surface area contributed by atoms with Crippen LogP contribution in [0.1, 0.15) is 10.5 Å². The van der Waals surface area contributed by atoms with Crippen LogP contribution in [0.2, 0.25) is 0 Å². The van der Waals surface area contributed by atoms with E-state index in [0.717, 1.165) is 18.2 Å². The van der Waals surface area contributed by atoms with E-state index in [1.54, 1.807) is 0 Å². The summed E-state index contributed by atoms with van der Waals surface area (Å²) in [6.45, 7) is 0. The number of carbonyl (C=O) groups is 1. The summed E-state index contributed by atoms with van der Waals surface area (Å²) in [6.07, 6.45) is 0. The Morgan fingerprint density at radius 2 is 2.00 bits per heavy atom. The van der Waals surface area contributed by atoms with Crippen molar-refractivity contribution in [1.29, 1.82) is 0 Å². The Labute approximate surface area is 102 Å². The molecule has 0 saturated carbocycles. The van der Waals surface area contributed by atoms with E-state index in [0.29, 0.717) is 0 Å². The van der Waals surface area contributed by atoms with Crippen molar-refractivity contribution in [2.24, 2.45) is 0 Å². The molecule has 14 heavy (non-hydrogen) atoms. The topological polar surface area (TPSA) is 107 Å². The first kappa shape index (κ1) is 13.5. The summed E-state index contributed by atoms with van der Waals surface area (Å²) in [5.41, 5.74) is -0.475. The van der Waals surface area contributed by atoms with Crippen LogP contribution in [0, 0.1) is 0 Å². The van der Waals surface area contributed by atoms with Gasteiger partial charge in [-0.2, -0.15) is 0 Å². The van der Waals surface area contributed by atoms with Crippen molar-refractivity contribution in [2.75, 3.05) is 0 Å². The molecular formula is C6H4NNaO5S. The quantitative estimate of drug-likeness (QED) is 0.417. The number of pyridine rings is 1. The van der Waals surface area contributed by atoms with Crippen molar-refractivity contribution in [3.8, 4) is 0 Å². The van der Waals surface area contributed by atoms with Gasteiger partial charge in [0.2, 0.25) is 0 Å². The molecule has 0 aliphatic heterocycles. The van der Waals surface area contributed by atoms with E-state index in [1.165, 1.54) is 0 Å². The number of aromatic carboxylic acids is 1. The van der Waals surface area contributed by atoms with Crippen molar-refractivity contribution in [2.45, 2.75) is 5.03 Å². The van der Waals surface area contributed by atoms with Crippen LogP contribution in [0.25, 0.3) is 0 Å². The van der Waals surface area contributed by atoms with E-state index in [4.69, 9.17) is 5.11 Å². The van der Waals surface area contributed by atoms with E-state index >= 15 is 0 Å². The summed E-state index contributed by atoms with van der Waals surface area (Å²) in [5, 5.41) is 7.63. The van der Waals surface area contributed by atoms with Crippen molar-refractivity contribution in [3.63, 3.8) is 0 Å². The Morgan fingerprint density at radius 1 is 1.43 bits per heavy atom. The molecule has 1 N–H and O–H groups in total. The van der Waals surface area contributed by atoms with Gasteiger partial charge in [0.15, 0.2) is 0 Å². The van der Waals surface area contributed by atoms with Gasteiger partial charge in [-0.1, -0.05) is 6.07 Å². The first-order valence-corrected chi connectivity index (χ1v) is 4.48. The number of carboxylic acid groups (broad SMARTS) is 1. The maximum absolute atomic E-state index is 10.4. The molecule has 0 bridgehead atoms. The predicted octanol–water partition coefficient (Wildman–Crippen LogP) is -3.31. The van der Waals surface area contributed by atoms with Crippen LogP contribution < -0.4 is 29.6 Å². The van der Waals surface area contributed by atoms with Gasteiger partial charge in [0.25, 0.3) is 0 Å². The zero-order valence-corrected chi connectivity index (χ0v) is 9.98. The third kappa shape index (κ3) is 3.35. The van der Waals surface area contributed by atoms with Crippen molar-refractivity contribution in [1.82, 2.24) is 4.98 Å². The van der Waals surface area contributed by atoms with Gasteiger partial charge in [0.05, 0.1) is 0 Å². The third-order valence-corrected chi connectivity index (χ3v) is 1.94. The monoisotopic (exact) mass is 225 g/mol. The van der Waals surface area contributed by atoms with E-state index < -0.39 is 26.8 Å². The molecule has 0 aliphatic rings. The van der Waals surface area contributed by atoms with E-state index in [1.807, 2.05) is 0 Å². The first-order chi connectivity index (χ1) is 5.91. The second-order valence-electron chi connectivity index (χ2n) is 2.12. The summed E-state index contributed by atoms with van der Waals surface area (Å²) in [6, 6.07) is 3.17. The van der Waals surface area contributed by atoms with Gasteiger partial charge in [-0.05, 0) is 12.1 Å². The molecule has 1 aromatic heterocycles. The summed E-state index contributed by atoms with van der Waals surface area (Å²) in [5.74, 6) is -1.38. The van der Waals surface area contributed by atoms with Crippen LogP contribution in [-0.4, -0.2) is 29.0 Å². The van der Waals surface area contributed by atoms with Crippen molar-refractivity contribution in [3.05, 3.63) is 23.9 Å². The van der Waals surface area contributed by atoms with Crippen LogP contribution in [0.5, 0.6) is 0 Å². The minimum Gasteiger partial charge on any atom is -0.743 e. The molecule has 0 amide bonds. The summed E-state index contributed by atoms with van der Waals surface area (Å²) < 4.78 is 31.2. The fourth-order valence-electron chi connectivity index (χ4n) is 0.673. The van der Waals surface area contributed by atoms with Gasteiger partial charge >= 0.3 is 35.5 Å². The minimum atomic E-state index is -4.68. The van der Waals surface area contributed by atoms with Gasteiger partial charge in [0, 0.05) is 0 Å². The normalized spacial score (nSPS) is 10.4. The number of hydrogen-bond donors (Lipinski definition) is 1. The molecule has 0 radical (unpaired) electrons. The number of rotatable bonds is 2. The Balaban J connectivity index is 0.00000169. The molecule has 6 nitrogen and oxygen atoms in total. The Kier molecular flexibility index (Phi) is 4.69. The fourth-order valence-corrected chi connectivity index (χ4v) is 1.13. The second-order valence-corrected chi connectivity index (χ2v) is 3.45. The molecule has 70 valence electrons.